The van der Waals surface area contributed by atoms with Gasteiger partial charge in [-0.15, -0.1) is 0 Å². The molecule has 38 heavy (non-hydrogen) atoms. The highest BCUT2D eigenvalue weighted by atomic mass is 16.6. The number of hydrogen-bond acceptors (Lipinski definition) is 7. The van der Waals surface area contributed by atoms with Crippen LogP contribution in [0.2, 0.25) is 0 Å². The summed E-state index contributed by atoms with van der Waals surface area (Å²) in [5.41, 5.74) is -0.607. The second-order valence-electron chi connectivity index (χ2n) is 12.8. The Morgan fingerprint density at radius 2 is 1.16 bits per heavy atom. The van der Waals surface area contributed by atoms with Crippen molar-refractivity contribution in [2.45, 2.75) is 146 Å². The van der Waals surface area contributed by atoms with Gasteiger partial charge in [0.2, 0.25) is 6.04 Å². The first-order chi connectivity index (χ1) is 18.3. The topological polar surface area (TPSA) is 108 Å². The van der Waals surface area contributed by atoms with Crippen LogP contribution in [0.5, 0.6) is 0 Å². The Hall–Kier alpha value is -1.25. The highest BCUT2D eigenvalue weighted by molar-refractivity contribution is 5.69. The number of aliphatic hydroxyl groups is 1. The molecule has 4 aliphatic rings. The molecule has 0 atom stereocenters. The summed E-state index contributed by atoms with van der Waals surface area (Å²) in [6.07, 6.45) is 16.5. The van der Waals surface area contributed by atoms with Gasteiger partial charge in [0, 0.05) is 38.4 Å². The summed E-state index contributed by atoms with van der Waals surface area (Å²) in [6, 6.07) is -0.483. The van der Waals surface area contributed by atoms with Crippen molar-refractivity contribution in [1.82, 2.24) is 0 Å². The van der Waals surface area contributed by atoms with Crippen molar-refractivity contribution in [2.75, 3.05) is 14.2 Å². The number of hydrogen-bond donors (Lipinski definition) is 1. The van der Waals surface area contributed by atoms with E-state index in [0.717, 1.165) is 83.5 Å². The van der Waals surface area contributed by atoms with E-state index in [-0.39, 0.29) is 17.0 Å². The quantitative estimate of drug-likeness (QED) is 0.212. The molecule has 0 aromatic carbocycles. The summed E-state index contributed by atoms with van der Waals surface area (Å²) in [7, 11) is 3.61. The van der Waals surface area contributed by atoms with Crippen LogP contribution in [0.25, 0.3) is 0 Å². The monoisotopic (exact) mass is 537 g/mol. The third-order valence-corrected chi connectivity index (χ3v) is 10.8. The lowest BCUT2D eigenvalue weighted by Gasteiger charge is -2.52. The van der Waals surface area contributed by atoms with Crippen LogP contribution in [0.1, 0.15) is 116 Å². The maximum atomic E-state index is 12.5. The second kappa shape index (κ2) is 13.9. The molecule has 4 rings (SSSR count). The van der Waals surface area contributed by atoms with E-state index in [1.54, 1.807) is 14.2 Å². The van der Waals surface area contributed by atoms with E-state index in [0.29, 0.717) is 68.0 Å². The minimum Gasteiger partial charge on any atom is -0.462 e. The molecule has 0 spiro atoms. The summed E-state index contributed by atoms with van der Waals surface area (Å²) in [6.45, 7) is 0. The van der Waals surface area contributed by atoms with Gasteiger partial charge in [-0.2, -0.15) is 0 Å². The molecule has 8 heteroatoms. The van der Waals surface area contributed by atoms with E-state index in [1.807, 2.05) is 0 Å². The minimum absolute atomic E-state index is 0.155. The highest BCUT2D eigenvalue weighted by Gasteiger charge is 2.51. The van der Waals surface area contributed by atoms with Crippen molar-refractivity contribution >= 4 is 5.97 Å². The predicted molar refractivity (Wildman–Crippen MR) is 144 cm³/mol. The number of ether oxygens (including phenoxy) is 3. The fourth-order valence-electron chi connectivity index (χ4n) is 8.38. The zero-order valence-corrected chi connectivity index (χ0v) is 23.7. The fourth-order valence-corrected chi connectivity index (χ4v) is 8.38. The van der Waals surface area contributed by atoms with Crippen molar-refractivity contribution in [3.8, 4) is 0 Å². The van der Waals surface area contributed by atoms with Gasteiger partial charge >= 0.3 is 5.97 Å². The van der Waals surface area contributed by atoms with Gasteiger partial charge in [-0.25, -0.2) is 0 Å². The molecule has 1 N–H and O–H groups in total. The Bertz CT molecular complexity index is 720. The number of rotatable bonds is 10. The van der Waals surface area contributed by atoms with Crippen molar-refractivity contribution in [2.24, 2.45) is 23.7 Å². The van der Waals surface area contributed by atoms with E-state index < -0.39 is 11.6 Å². The maximum Gasteiger partial charge on any atom is 0.306 e. The molecule has 218 valence electrons. The minimum atomic E-state index is -0.607. The van der Waals surface area contributed by atoms with Gasteiger partial charge in [-0.3, -0.25) is 14.9 Å². The Balaban J connectivity index is 1.26. The van der Waals surface area contributed by atoms with E-state index in [4.69, 9.17) is 14.2 Å². The zero-order valence-electron chi connectivity index (χ0n) is 23.7. The summed E-state index contributed by atoms with van der Waals surface area (Å²) < 4.78 is 16.9. The van der Waals surface area contributed by atoms with Gasteiger partial charge in [-0.1, -0.05) is 12.8 Å². The van der Waals surface area contributed by atoms with Crippen LogP contribution in [0.4, 0.5) is 0 Å². The van der Waals surface area contributed by atoms with Crippen molar-refractivity contribution in [1.29, 1.82) is 0 Å². The molecule has 0 amide bonds. The molecule has 4 saturated carbocycles. The molecule has 0 saturated heterocycles. The first-order valence-corrected chi connectivity index (χ1v) is 15.4. The smallest absolute Gasteiger partial charge is 0.306 e. The number of nitro groups is 1. The van der Waals surface area contributed by atoms with Crippen LogP contribution in [0.15, 0.2) is 0 Å². The summed E-state index contributed by atoms with van der Waals surface area (Å²) in [5, 5.41) is 23.5. The van der Waals surface area contributed by atoms with Crippen LogP contribution in [0.3, 0.4) is 0 Å². The SMILES string of the molecule is COC1CCC(C(O)(C2CCC(CCC(=O)OC3CCC([N+](=O)[O-])CC3)CC2)C2CCC(OC)CC2)CC1. The van der Waals surface area contributed by atoms with Crippen molar-refractivity contribution in [3.05, 3.63) is 10.1 Å². The molecule has 0 heterocycles. The zero-order chi connectivity index (χ0) is 27.1. The predicted octanol–water partition coefficient (Wildman–Crippen LogP) is 5.85. The van der Waals surface area contributed by atoms with Gasteiger partial charge < -0.3 is 19.3 Å². The lowest BCUT2D eigenvalue weighted by Crippen LogP contribution is -2.54. The van der Waals surface area contributed by atoms with E-state index >= 15 is 0 Å². The summed E-state index contributed by atoms with van der Waals surface area (Å²) in [4.78, 5) is 23.2. The number of methoxy groups -OCH3 is 2. The molecule has 0 unspecified atom stereocenters. The highest BCUT2D eigenvalue weighted by Crippen LogP contribution is 2.51. The number of nitrogens with zero attached hydrogens (tertiary/aromatic N) is 1. The largest absolute Gasteiger partial charge is 0.462 e. The number of carbonyl (C=O) groups excluding carboxylic acids is 1. The van der Waals surface area contributed by atoms with Gasteiger partial charge in [0.25, 0.3) is 0 Å². The third kappa shape index (κ3) is 7.28. The van der Waals surface area contributed by atoms with Crippen molar-refractivity contribution < 1.29 is 29.0 Å². The van der Waals surface area contributed by atoms with Gasteiger partial charge in [0.05, 0.1) is 17.8 Å². The second-order valence-corrected chi connectivity index (χ2v) is 12.8. The summed E-state index contributed by atoms with van der Waals surface area (Å²) >= 11 is 0. The molecule has 0 aliphatic heterocycles. The van der Waals surface area contributed by atoms with E-state index in [2.05, 4.69) is 0 Å². The van der Waals surface area contributed by atoms with Crippen molar-refractivity contribution in [3.63, 3.8) is 0 Å². The lowest BCUT2D eigenvalue weighted by atomic mass is 9.57. The first-order valence-electron chi connectivity index (χ1n) is 15.4. The average Bonchev–Trinajstić information content (AvgIpc) is 2.96. The van der Waals surface area contributed by atoms with Crippen LogP contribution < -0.4 is 0 Å². The Labute approximate surface area is 228 Å². The first kappa shape index (κ1) is 29.7. The number of esters is 1. The molecule has 0 bridgehead atoms. The molecule has 4 fully saturated rings. The lowest BCUT2D eigenvalue weighted by molar-refractivity contribution is -0.527. The standard InChI is InChI=1S/C30H51NO7/c1-36-26-14-8-23(9-15-26)30(33,24-10-16-27(37-2)17-11-24)22-6-3-21(4-7-22)5-20-29(32)38-28-18-12-25(13-19-28)31(34)35/h21-28,33H,3-20H2,1-2H3. The fraction of sp³-hybridized carbons (Fsp3) is 0.967. The van der Waals surface area contributed by atoms with Crippen LogP contribution >= 0.6 is 0 Å². The Morgan fingerprint density at radius 1 is 0.737 bits per heavy atom. The number of carbonyl (C=O) groups is 1. The molecule has 8 nitrogen and oxygen atoms in total. The van der Waals surface area contributed by atoms with Gasteiger partial charge in [0.15, 0.2) is 0 Å². The molecule has 0 aromatic rings. The van der Waals surface area contributed by atoms with Crippen LogP contribution in [0, 0.1) is 33.8 Å². The molecule has 0 aromatic heterocycles. The summed E-state index contributed by atoms with van der Waals surface area (Å²) in [5.74, 6) is 1.37. The molecule has 4 aliphatic carbocycles. The van der Waals surface area contributed by atoms with Gasteiger partial charge in [0.1, 0.15) is 6.10 Å². The van der Waals surface area contributed by atoms with E-state index in [1.165, 1.54) is 0 Å². The normalized spacial score (nSPS) is 38.2. The molecule has 0 radical (unpaired) electrons. The third-order valence-electron chi connectivity index (χ3n) is 10.8. The maximum absolute atomic E-state index is 12.5. The van der Waals surface area contributed by atoms with Crippen LogP contribution in [-0.4, -0.2) is 60.2 Å². The Morgan fingerprint density at radius 3 is 1.58 bits per heavy atom. The molecular weight excluding hydrogens is 486 g/mol. The van der Waals surface area contributed by atoms with E-state index in [9.17, 15) is 20.0 Å². The Kier molecular flexibility index (Phi) is 10.9. The molecular formula is C30H51NO7. The average molecular weight is 538 g/mol. The van der Waals surface area contributed by atoms with Gasteiger partial charge in [-0.05, 0) is 107 Å². The van der Waals surface area contributed by atoms with Crippen LogP contribution in [-0.2, 0) is 19.0 Å².